The summed E-state index contributed by atoms with van der Waals surface area (Å²) in [5, 5.41) is 9.59. The predicted molar refractivity (Wildman–Crippen MR) is 72.3 cm³/mol. The average Bonchev–Trinajstić information content (AvgIpc) is 2.28. The highest BCUT2D eigenvalue weighted by Crippen LogP contribution is 2.23. The molecule has 102 valence electrons. The maximum Gasteiger partial charge on any atom is 0.243 e. The van der Waals surface area contributed by atoms with Gasteiger partial charge in [0.15, 0.2) is 0 Å². The van der Waals surface area contributed by atoms with Crippen LogP contribution in [-0.2, 0) is 10.0 Å². The zero-order valence-electron chi connectivity index (χ0n) is 10.7. The second-order valence-electron chi connectivity index (χ2n) is 4.37. The Morgan fingerprint density at radius 2 is 2.06 bits per heavy atom. The molecule has 1 unspecified atom stereocenters. The Morgan fingerprint density at radius 1 is 1.44 bits per heavy atom. The van der Waals surface area contributed by atoms with E-state index >= 15 is 0 Å². The number of halogens is 1. The number of aryl methyl sites for hydroxylation is 1. The predicted octanol–water partition coefficient (Wildman–Crippen LogP) is 2.04. The van der Waals surface area contributed by atoms with Crippen LogP contribution in [0.4, 0.5) is 0 Å². The minimum atomic E-state index is -3.55. The van der Waals surface area contributed by atoms with Gasteiger partial charge in [0.2, 0.25) is 10.0 Å². The summed E-state index contributed by atoms with van der Waals surface area (Å²) in [5.74, 6) is 0. The van der Waals surface area contributed by atoms with Gasteiger partial charge in [0, 0.05) is 18.6 Å². The first-order valence-electron chi connectivity index (χ1n) is 5.65. The second-order valence-corrected chi connectivity index (χ2v) is 6.82. The lowest BCUT2D eigenvalue weighted by Crippen LogP contribution is -2.30. The minimum Gasteiger partial charge on any atom is -0.393 e. The van der Waals surface area contributed by atoms with E-state index in [2.05, 4.69) is 0 Å². The van der Waals surface area contributed by atoms with Crippen molar-refractivity contribution in [2.24, 2.45) is 0 Å². The standard InChI is InChI=1S/C12H18ClNO3S/c1-9-4-5-11(13)8-12(9)18(16,17)14(3)7-6-10(2)15/h4-5,8,10,15H,6-7H2,1-3H3. The molecule has 0 radical (unpaired) electrons. The fraction of sp³-hybridized carbons (Fsp3) is 0.500. The molecule has 1 rings (SSSR count). The van der Waals surface area contributed by atoms with Crippen LogP contribution in [0, 0.1) is 6.92 Å². The van der Waals surface area contributed by atoms with E-state index in [1.54, 1.807) is 26.0 Å². The van der Waals surface area contributed by atoms with E-state index in [0.29, 0.717) is 17.0 Å². The summed E-state index contributed by atoms with van der Waals surface area (Å²) in [6.07, 6.45) is -0.127. The molecule has 0 saturated carbocycles. The van der Waals surface area contributed by atoms with Gasteiger partial charge < -0.3 is 5.11 Å². The van der Waals surface area contributed by atoms with Crippen molar-refractivity contribution >= 4 is 21.6 Å². The number of benzene rings is 1. The molecule has 1 atom stereocenters. The largest absolute Gasteiger partial charge is 0.393 e. The van der Waals surface area contributed by atoms with Crippen molar-refractivity contribution in [3.05, 3.63) is 28.8 Å². The number of nitrogens with zero attached hydrogens (tertiary/aromatic N) is 1. The van der Waals surface area contributed by atoms with E-state index in [9.17, 15) is 13.5 Å². The summed E-state index contributed by atoms with van der Waals surface area (Å²) in [6.45, 7) is 3.63. The first kappa shape index (κ1) is 15.4. The lowest BCUT2D eigenvalue weighted by atomic mass is 10.2. The molecule has 0 aliphatic carbocycles. The molecule has 0 aliphatic heterocycles. The molecule has 4 nitrogen and oxygen atoms in total. The highest BCUT2D eigenvalue weighted by molar-refractivity contribution is 7.89. The molecule has 6 heteroatoms. The fourth-order valence-electron chi connectivity index (χ4n) is 1.51. The molecule has 0 aliphatic rings. The van der Waals surface area contributed by atoms with Gasteiger partial charge in [-0.25, -0.2) is 12.7 Å². The number of hydrogen-bond acceptors (Lipinski definition) is 3. The summed E-state index contributed by atoms with van der Waals surface area (Å²) >= 11 is 5.83. The fourth-order valence-corrected chi connectivity index (χ4v) is 3.18. The maximum absolute atomic E-state index is 12.3. The SMILES string of the molecule is Cc1ccc(Cl)cc1S(=O)(=O)N(C)CCC(C)O. The van der Waals surface area contributed by atoms with Crippen molar-refractivity contribution in [1.82, 2.24) is 4.31 Å². The Hall–Kier alpha value is -0.620. The molecule has 18 heavy (non-hydrogen) atoms. The molecule has 1 aromatic carbocycles. The van der Waals surface area contributed by atoms with Gasteiger partial charge in [-0.3, -0.25) is 0 Å². The normalized spacial score (nSPS) is 13.9. The third kappa shape index (κ3) is 3.68. The number of rotatable bonds is 5. The minimum absolute atomic E-state index is 0.211. The Balaban J connectivity index is 3.02. The number of aliphatic hydroxyl groups excluding tert-OH is 1. The monoisotopic (exact) mass is 291 g/mol. The van der Waals surface area contributed by atoms with Gasteiger partial charge in [-0.2, -0.15) is 0 Å². The van der Waals surface area contributed by atoms with Crippen LogP contribution in [0.15, 0.2) is 23.1 Å². The summed E-state index contributed by atoms with van der Waals surface area (Å²) < 4.78 is 25.8. The molecule has 1 aromatic rings. The molecular formula is C12H18ClNO3S. The quantitative estimate of drug-likeness (QED) is 0.903. The summed E-state index contributed by atoms with van der Waals surface area (Å²) in [6, 6.07) is 4.79. The third-order valence-corrected chi connectivity index (χ3v) is 4.93. The van der Waals surface area contributed by atoms with Crippen molar-refractivity contribution in [2.75, 3.05) is 13.6 Å². The Kier molecular flexibility index (Phi) is 5.16. The van der Waals surface area contributed by atoms with Crippen LogP contribution in [-0.4, -0.2) is 37.5 Å². The third-order valence-electron chi connectivity index (χ3n) is 2.70. The lowest BCUT2D eigenvalue weighted by molar-refractivity contribution is 0.177. The number of hydrogen-bond donors (Lipinski definition) is 1. The molecule has 0 saturated heterocycles. The van der Waals surface area contributed by atoms with Crippen molar-refractivity contribution in [1.29, 1.82) is 0 Å². The van der Waals surface area contributed by atoms with E-state index in [1.165, 1.54) is 17.4 Å². The smallest absolute Gasteiger partial charge is 0.243 e. The van der Waals surface area contributed by atoms with Crippen LogP contribution in [0.2, 0.25) is 5.02 Å². The second kappa shape index (κ2) is 6.02. The van der Waals surface area contributed by atoms with Crippen LogP contribution in [0.5, 0.6) is 0 Å². The molecule has 0 heterocycles. The Morgan fingerprint density at radius 3 is 2.61 bits per heavy atom. The van der Waals surface area contributed by atoms with Crippen molar-refractivity contribution in [2.45, 2.75) is 31.3 Å². The van der Waals surface area contributed by atoms with Gasteiger partial charge in [-0.1, -0.05) is 17.7 Å². The van der Waals surface area contributed by atoms with Crippen LogP contribution < -0.4 is 0 Å². The maximum atomic E-state index is 12.3. The molecular weight excluding hydrogens is 274 g/mol. The molecule has 1 N–H and O–H groups in total. The van der Waals surface area contributed by atoms with Crippen LogP contribution >= 0.6 is 11.6 Å². The first-order valence-corrected chi connectivity index (χ1v) is 7.47. The number of sulfonamides is 1. The van der Waals surface area contributed by atoms with Crippen molar-refractivity contribution in [3.8, 4) is 0 Å². The van der Waals surface area contributed by atoms with Gasteiger partial charge in [0.1, 0.15) is 0 Å². The van der Waals surface area contributed by atoms with Crippen molar-refractivity contribution < 1.29 is 13.5 Å². The van der Waals surface area contributed by atoms with Crippen LogP contribution in [0.1, 0.15) is 18.9 Å². The summed E-state index contributed by atoms with van der Waals surface area (Å²) in [4.78, 5) is 0.211. The first-order chi connectivity index (χ1) is 8.25. The van der Waals surface area contributed by atoms with Crippen LogP contribution in [0.3, 0.4) is 0 Å². The van der Waals surface area contributed by atoms with Crippen LogP contribution in [0.25, 0.3) is 0 Å². The average molecular weight is 292 g/mol. The van der Waals surface area contributed by atoms with E-state index in [0.717, 1.165) is 0 Å². The molecule has 0 aromatic heterocycles. The van der Waals surface area contributed by atoms with E-state index in [-0.39, 0.29) is 11.4 Å². The van der Waals surface area contributed by atoms with Gasteiger partial charge in [-0.15, -0.1) is 0 Å². The summed E-state index contributed by atoms with van der Waals surface area (Å²) in [7, 11) is -2.05. The molecule has 0 fully saturated rings. The lowest BCUT2D eigenvalue weighted by Gasteiger charge is -2.19. The molecule has 0 bridgehead atoms. The zero-order chi connectivity index (χ0) is 13.9. The van der Waals surface area contributed by atoms with E-state index in [4.69, 9.17) is 11.6 Å². The topological polar surface area (TPSA) is 57.6 Å². The van der Waals surface area contributed by atoms with E-state index in [1.807, 2.05) is 0 Å². The van der Waals surface area contributed by atoms with E-state index < -0.39 is 16.1 Å². The zero-order valence-corrected chi connectivity index (χ0v) is 12.3. The highest BCUT2D eigenvalue weighted by atomic mass is 35.5. The van der Waals surface area contributed by atoms with Gasteiger partial charge in [0.05, 0.1) is 11.0 Å². The highest BCUT2D eigenvalue weighted by Gasteiger charge is 2.23. The van der Waals surface area contributed by atoms with Gasteiger partial charge in [-0.05, 0) is 38.0 Å². The Labute approximate surface area is 113 Å². The van der Waals surface area contributed by atoms with Gasteiger partial charge >= 0.3 is 0 Å². The molecule has 0 spiro atoms. The Bertz CT molecular complexity index is 514. The summed E-state index contributed by atoms with van der Waals surface area (Å²) in [5.41, 5.74) is 0.656. The number of aliphatic hydroxyl groups is 1. The van der Waals surface area contributed by atoms with Gasteiger partial charge in [0.25, 0.3) is 0 Å². The van der Waals surface area contributed by atoms with Crippen molar-refractivity contribution in [3.63, 3.8) is 0 Å². The molecule has 0 amide bonds.